The zero-order valence-electron chi connectivity index (χ0n) is 14.3. The van der Waals surface area contributed by atoms with E-state index in [-0.39, 0.29) is 0 Å². The molecule has 0 aromatic heterocycles. The lowest BCUT2D eigenvalue weighted by atomic mass is 9.89. The first kappa shape index (κ1) is 16.8. The molecule has 2 atom stereocenters. The second-order valence-corrected chi connectivity index (χ2v) is 6.17. The number of hydrogen-bond acceptors (Lipinski definition) is 4. The molecule has 0 saturated carbocycles. The third-order valence-electron chi connectivity index (χ3n) is 4.58. The topological polar surface area (TPSA) is 39.7 Å². The van der Waals surface area contributed by atoms with Gasteiger partial charge in [0.15, 0.2) is 0 Å². The first-order valence-electron chi connectivity index (χ1n) is 8.35. The van der Waals surface area contributed by atoms with E-state index in [2.05, 4.69) is 35.6 Å². The van der Waals surface area contributed by atoms with Crippen molar-refractivity contribution in [3.8, 4) is 11.5 Å². The average molecular weight is 327 g/mol. The van der Waals surface area contributed by atoms with Crippen molar-refractivity contribution in [1.29, 1.82) is 0 Å². The number of ether oxygens (including phenoxy) is 3. The summed E-state index contributed by atoms with van der Waals surface area (Å²) in [4.78, 5) is 0. The number of nitrogens with one attached hydrogen (secondary N) is 1. The third kappa shape index (κ3) is 4.08. The van der Waals surface area contributed by atoms with Gasteiger partial charge in [-0.1, -0.05) is 30.3 Å². The van der Waals surface area contributed by atoms with Crippen molar-refractivity contribution in [2.75, 3.05) is 33.9 Å². The molecule has 1 heterocycles. The minimum atomic E-state index is 0.500. The molecule has 0 unspecified atom stereocenters. The van der Waals surface area contributed by atoms with Gasteiger partial charge in [-0.05, 0) is 23.3 Å². The van der Waals surface area contributed by atoms with Crippen LogP contribution < -0.4 is 14.8 Å². The molecule has 0 amide bonds. The first-order chi connectivity index (χ1) is 11.8. The standard InChI is InChI=1S/C20H25NO3/c1-22-18-8-15(9-19(10-18)23-2)13-24-14-17-11-21-12-20(17)16-6-4-3-5-7-16/h3-10,17,20-21H,11-14H2,1-2H3/t17-,20+/m1/s1. The zero-order chi connectivity index (χ0) is 16.8. The molecular formula is C20H25NO3. The molecule has 4 heteroatoms. The molecule has 24 heavy (non-hydrogen) atoms. The highest BCUT2D eigenvalue weighted by molar-refractivity contribution is 5.38. The summed E-state index contributed by atoms with van der Waals surface area (Å²) in [6.45, 7) is 3.32. The van der Waals surface area contributed by atoms with E-state index in [0.717, 1.165) is 36.8 Å². The number of hydrogen-bond donors (Lipinski definition) is 1. The molecule has 3 rings (SSSR count). The fraction of sp³-hybridized carbons (Fsp3) is 0.400. The number of benzene rings is 2. The average Bonchev–Trinajstić information content (AvgIpc) is 3.10. The Labute approximate surface area is 143 Å². The van der Waals surface area contributed by atoms with Crippen LogP contribution in [0.1, 0.15) is 17.0 Å². The van der Waals surface area contributed by atoms with Crippen LogP contribution in [0.25, 0.3) is 0 Å². The van der Waals surface area contributed by atoms with Crippen molar-refractivity contribution in [1.82, 2.24) is 5.32 Å². The minimum absolute atomic E-state index is 0.500. The van der Waals surface area contributed by atoms with Gasteiger partial charge in [0.2, 0.25) is 0 Å². The molecular weight excluding hydrogens is 302 g/mol. The summed E-state index contributed by atoms with van der Waals surface area (Å²) < 4.78 is 16.6. The van der Waals surface area contributed by atoms with Gasteiger partial charge < -0.3 is 19.5 Å². The second kappa shape index (κ2) is 8.18. The molecule has 1 aliphatic rings. The Balaban J connectivity index is 1.58. The Kier molecular flexibility index (Phi) is 5.72. The molecule has 0 aliphatic carbocycles. The van der Waals surface area contributed by atoms with Crippen molar-refractivity contribution >= 4 is 0 Å². The Morgan fingerprint density at radius 3 is 2.33 bits per heavy atom. The lowest BCUT2D eigenvalue weighted by Gasteiger charge is -2.19. The summed E-state index contributed by atoms with van der Waals surface area (Å²) in [5.41, 5.74) is 2.45. The monoisotopic (exact) mass is 327 g/mol. The van der Waals surface area contributed by atoms with Gasteiger partial charge in [-0.2, -0.15) is 0 Å². The predicted molar refractivity (Wildman–Crippen MR) is 94.7 cm³/mol. The lowest BCUT2D eigenvalue weighted by molar-refractivity contribution is 0.0875. The van der Waals surface area contributed by atoms with E-state index in [1.54, 1.807) is 14.2 Å². The molecule has 1 fully saturated rings. The summed E-state index contributed by atoms with van der Waals surface area (Å²) in [7, 11) is 3.32. The fourth-order valence-electron chi connectivity index (χ4n) is 3.28. The molecule has 0 spiro atoms. The van der Waals surface area contributed by atoms with Crippen LogP contribution >= 0.6 is 0 Å². The van der Waals surface area contributed by atoms with Crippen molar-refractivity contribution in [2.45, 2.75) is 12.5 Å². The third-order valence-corrected chi connectivity index (χ3v) is 4.58. The van der Waals surface area contributed by atoms with Crippen LogP contribution in [0.15, 0.2) is 48.5 Å². The van der Waals surface area contributed by atoms with E-state index in [1.165, 1.54) is 5.56 Å². The van der Waals surface area contributed by atoms with E-state index in [4.69, 9.17) is 14.2 Å². The maximum atomic E-state index is 6.00. The Morgan fingerprint density at radius 1 is 0.958 bits per heavy atom. The van der Waals surface area contributed by atoms with Crippen molar-refractivity contribution in [3.05, 3.63) is 59.7 Å². The van der Waals surface area contributed by atoms with Gasteiger partial charge in [-0.25, -0.2) is 0 Å². The molecule has 0 radical (unpaired) electrons. The van der Waals surface area contributed by atoms with E-state index in [1.807, 2.05) is 18.2 Å². The summed E-state index contributed by atoms with van der Waals surface area (Å²) >= 11 is 0. The smallest absolute Gasteiger partial charge is 0.122 e. The van der Waals surface area contributed by atoms with Crippen LogP contribution in [0, 0.1) is 5.92 Å². The van der Waals surface area contributed by atoms with Crippen LogP contribution in [0.2, 0.25) is 0 Å². The van der Waals surface area contributed by atoms with Gasteiger partial charge in [0.05, 0.1) is 27.4 Å². The lowest BCUT2D eigenvalue weighted by Crippen LogP contribution is -2.17. The highest BCUT2D eigenvalue weighted by atomic mass is 16.5. The molecule has 1 aliphatic heterocycles. The number of methoxy groups -OCH3 is 2. The molecule has 2 aromatic rings. The van der Waals surface area contributed by atoms with Gasteiger partial charge in [-0.15, -0.1) is 0 Å². The fourth-order valence-corrected chi connectivity index (χ4v) is 3.28. The van der Waals surface area contributed by atoms with E-state index in [9.17, 15) is 0 Å². The van der Waals surface area contributed by atoms with Crippen LogP contribution in [-0.4, -0.2) is 33.9 Å². The Bertz CT molecular complexity index is 622. The van der Waals surface area contributed by atoms with Crippen LogP contribution in [-0.2, 0) is 11.3 Å². The second-order valence-electron chi connectivity index (χ2n) is 6.17. The quantitative estimate of drug-likeness (QED) is 0.847. The molecule has 0 bridgehead atoms. The summed E-state index contributed by atoms with van der Waals surface area (Å²) in [6, 6.07) is 16.5. The van der Waals surface area contributed by atoms with Crippen LogP contribution in [0.4, 0.5) is 0 Å². The zero-order valence-corrected chi connectivity index (χ0v) is 14.3. The summed E-state index contributed by atoms with van der Waals surface area (Å²) in [5.74, 6) is 2.60. The van der Waals surface area contributed by atoms with Gasteiger partial charge in [0.1, 0.15) is 11.5 Å². The van der Waals surface area contributed by atoms with Crippen molar-refractivity contribution in [3.63, 3.8) is 0 Å². The van der Waals surface area contributed by atoms with Gasteiger partial charge in [0, 0.05) is 31.0 Å². The van der Waals surface area contributed by atoms with E-state index >= 15 is 0 Å². The van der Waals surface area contributed by atoms with Gasteiger partial charge in [-0.3, -0.25) is 0 Å². The van der Waals surface area contributed by atoms with Gasteiger partial charge in [0.25, 0.3) is 0 Å². The molecule has 1 N–H and O–H groups in total. The summed E-state index contributed by atoms with van der Waals surface area (Å²) in [5, 5.41) is 3.49. The SMILES string of the molecule is COc1cc(COC[C@H]2CNC[C@H]2c2ccccc2)cc(OC)c1. The molecule has 2 aromatic carbocycles. The van der Waals surface area contributed by atoms with Crippen LogP contribution in [0.3, 0.4) is 0 Å². The maximum Gasteiger partial charge on any atom is 0.122 e. The summed E-state index contributed by atoms with van der Waals surface area (Å²) in [6.07, 6.45) is 0. The van der Waals surface area contributed by atoms with Gasteiger partial charge >= 0.3 is 0 Å². The normalized spacial score (nSPS) is 20.1. The van der Waals surface area contributed by atoms with Crippen molar-refractivity contribution < 1.29 is 14.2 Å². The highest BCUT2D eigenvalue weighted by Gasteiger charge is 2.28. The number of rotatable bonds is 7. The van der Waals surface area contributed by atoms with E-state index in [0.29, 0.717) is 18.4 Å². The maximum absolute atomic E-state index is 6.00. The predicted octanol–water partition coefficient (Wildman–Crippen LogP) is 3.22. The first-order valence-corrected chi connectivity index (χ1v) is 8.35. The molecule has 1 saturated heterocycles. The van der Waals surface area contributed by atoms with Crippen LogP contribution in [0.5, 0.6) is 11.5 Å². The Morgan fingerprint density at radius 2 is 1.67 bits per heavy atom. The van der Waals surface area contributed by atoms with E-state index < -0.39 is 0 Å². The minimum Gasteiger partial charge on any atom is -0.497 e. The molecule has 128 valence electrons. The molecule has 4 nitrogen and oxygen atoms in total. The Hall–Kier alpha value is -2.04. The van der Waals surface area contributed by atoms with Crippen molar-refractivity contribution in [2.24, 2.45) is 5.92 Å². The highest BCUT2D eigenvalue weighted by Crippen LogP contribution is 2.29. The largest absolute Gasteiger partial charge is 0.497 e.